The second-order valence-corrected chi connectivity index (χ2v) is 17.7. The summed E-state index contributed by atoms with van der Waals surface area (Å²) in [5, 5.41) is 14.8. The molecule has 1 aromatic rings. The zero-order valence-corrected chi connectivity index (χ0v) is 36.5. The van der Waals surface area contributed by atoms with E-state index in [1.54, 1.807) is 60.6 Å². The van der Waals surface area contributed by atoms with Crippen LogP contribution in [0, 0.1) is 5.92 Å². The van der Waals surface area contributed by atoms with Gasteiger partial charge in [-0.2, -0.15) is 0 Å². The Balaban J connectivity index is 1.79. The summed E-state index contributed by atoms with van der Waals surface area (Å²) in [6.45, 7) is 21.5. The summed E-state index contributed by atoms with van der Waals surface area (Å²) in [5.74, 6) is -3.61. The Labute approximate surface area is 352 Å². The van der Waals surface area contributed by atoms with Crippen molar-refractivity contribution < 1.29 is 38.2 Å². The zero-order chi connectivity index (χ0) is 43.7. The van der Waals surface area contributed by atoms with Gasteiger partial charge >= 0.3 is 0 Å². The first-order valence-electron chi connectivity index (χ1n) is 20.4. The summed E-state index contributed by atoms with van der Waals surface area (Å²) in [5.41, 5.74) is -0.870. The van der Waals surface area contributed by atoms with E-state index in [2.05, 4.69) is 39.7 Å². The number of rotatable bonds is 12. The number of carbonyl (C=O) groups excluding carboxylic acids is 6. The number of ether oxygens (including phenoxy) is 2. The molecule has 0 aromatic heterocycles. The summed E-state index contributed by atoms with van der Waals surface area (Å²) >= 11 is 1.33. The van der Waals surface area contributed by atoms with Crippen LogP contribution in [0.5, 0.6) is 0 Å². The zero-order valence-electron chi connectivity index (χ0n) is 35.7. The maximum atomic E-state index is 14.4. The van der Waals surface area contributed by atoms with Gasteiger partial charge < -0.3 is 41.0 Å². The van der Waals surface area contributed by atoms with Gasteiger partial charge in [-0.15, -0.1) is 24.9 Å². The van der Waals surface area contributed by atoms with Crippen molar-refractivity contribution in [3.63, 3.8) is 0 Å². The topological polar surface area (TPSA) is 197 Å². The van der Waals surface area contributed by atoms with Crippen LogP contribution in [0.3, 0.4) is 0 Å². The van der Waals surface area contributed by atoms with Crippen LogP contribution in [0.2, 0.25) is 0 Å². The Hall–Kier alpha value is -4.54. The number of amides is 6. The molecule has 4 rings (SSSR count). The van der Waals surface area contributed by atoms with Crippen LogP contribution in [0.4, 0.5) is 0 Å². The highest BCUT2D eigenvalue weighted by Crippen LogP contribution is 2.25. The lowest BCUT2D eigenvalue weighted by Gasteiger charge is -2.33. The number of thioether (sulfide) groups is 1. The first-order valence-corrected chi connectivity index (χ1v) is 21.4. The molecule has 1 aromatic carbocycles. The lowest BCUT2D eigenvalue weighted by molar-refractivity contribution is -0.142. The minimum atomic E-state index is -1.35. The van der Waals surface area contributed by atoms with Crippen LogP contribution in [-0.2, 0) is 44.7 Å². The maximum absolute atomic E-state index is 14.4. The Morgan fingerprint density at radius 2 is 1.47 bits per heavy atom. The molecular formula is C43H63N7O8S. The first kappa shape index (κ1) is 47.1. The van der Waals surface area contributed by atoms with Crippen LogP contribution >= 0.6 is 11.8 Å². The van der Waals surface area contributed by atoms with E-state index in [1.165, 1.54) is 16.7 Å². The Bertz CT molecular complexity index is 1750. The van der Waals surface area contributed by atoms with Crippen LogP contribution in [0.1, 0.15) is 80.2 Å². The van der Waals surface area contributed by atoms with E-state index in [-0.39, 0.29) is 18.3 Å². The molecule has 3 aliphatic heterocycles. The van der Waals surface area contributed by atoms with E-state index in [1.807, 2.05) is 37.3 Å². The summed E-state index contributed by atoms with van der Waals surface area (Å²) < 4.78 is 12.2. The largest absolute Gasteiger partial charge is 0.369 e. The highest BCUT2D eigenvalue weighted by molar-refractivity contribution is 8.14. The summed E-state index contributed by atoms with van der Waals surface area (Å²) in [6.07, 6.45) is 4.06. The number of hydrogen-bond acceptors (Lipinski definition) is 10. The number of aliphatic imine (C=N–C) groups is 1. The Morgan fingerprint density at radius 1 is 0.847 bits per heavy atom. The number of carbonyl (C=O) groups is 6. The van der Waals surface area contributed by atoms with E-state index in [4.69, 9.17) is 14.5 Å². The summed E-state index contributed by atoms with van der Waals surface area (Å²) in [4.78, 5) is 90.9. The fourth-order valence-corrected chi connectivity index (χ4v) is 8.05. The number of nitrogens with zero attached hydrogens (tertiary/aromatic N) is 2. The minimum Gasteiger partial charge on any atom is -0.369 e. The predicted molar refractivity (Wildman–Crippen MR) is 228 cm³/mol. The molecule has 1 saturated heterocycles. The van der Waals surface area contributed by atoms with Gasteiger partial charge in [-0.3, -0.25) is 33.8 Å². The molecule has 2 bridgehead atoms. The quantitative estimate of drug-likeness (QED) is 0.197. The highest BCUT2D eigenvalue weighted by Gasteiger charge is 2.41. The second kappa shape index (κ2) is 20.6. The third-order valence-electron chi connectivity index (χ3n) is 11.0. The standard InChI is InChI=1S/C43H63N7O8S/c1-11-25(4)33-38(54)44-26(5)41(56)50-21-17-20-32(50)37(53)45-29(22-28-18-15-14-16-19-28)40-47-31(24-59-40)36(52)49-34(27(6)58-43(9,10)13-3)39(55)46-30(35(51)48-33)23-57-42(7,8)12-2/h12-16,18-19,25-27,29-34H,2-3,11,17,20-24H2,1,4-10H3,(H,44,54)(H,45,53)(H,46,55)(H,48,51)(H,49,52). The molecule has 3 aliphatic rings. The molecule has 15 nitrogen and oxygen atoms in total. The van der Waals surface area contributed by atoms with Crippen LogP contribution < -0.4 is 26.6 Å². The van der Waals surface area contributed by atoms with Crippen molar-refractivity contribution in [2.45, 2.75) is 141 Å². The molecule has 1 fully saturated rings. The van der Waals surface area contributed by atoms with Gasteiger partial charge in [0.2, 0.25) is 35.4 Å². The van der Waals surface area contributed by atoms with Crippen molar-refractivity contribution in [1.82, 2.24) is 31.5 Å². The molecule has 3 heterocycles. The van der Waals surface area contributed by atoms with Crippen molar-refractivity contribution in [1.29, 1.82) is 0 Å². The minimum absolute atomic E-state index is 0.238. The first-order chi connectivity index (χ1) is 27.8. The van der Waals surface area contributed by atoms with Crippen molar-refractivity contribution in [3.8, 4) is 0 Å². The molecule has 5 N–H and O–H groups in total. The lowest BCUT2D eigenvalue weighted by atomic mass is 9.97. The average Bonchev–Trinajstić information content (AvgIpc) is 3.91. The van der Waals surface area contributed by atoms with Gasteiger partial charge in [-0.05, 0) is 72.3 Å². The highest BCUT2D eigenvalue weighted by atomic mass is 32.2. The van der Waals surface area contributed by atoms with Gasteiger partial charge in [0, 0.05) is 12.3 Å². The second-order valence-electron chi connectivity index (χ2n) is 16.6. The molecule has 9 unspecified atom stereocenters. The van der Waals surface area contributed by atoms with Gasteiger partial charge in [0.15, 0.2) is 0 Å². The molecule has 9 atom stereocenters. The summed E-state index contributed by atoms with van der Waals surface area (Å²) in [6, 6.07) is 2.39. The molecule has 16 heteroatoms. The van der Waals surface area contributed by atoms with Gasteiger partial charge in [-0.25, -0.2) is 0 Å². The van der Waals surface area contributed by atoms with Crippen LogP contribution in [0.15, 0.2) is 60.6 Å². The van der Waals surface area contributed by atoms with E-state index in [0.29, 0.717) is 37.3 Å². The third-order valence-corrected chi connectivity index (χ3v) is 12.2. The molecule has 6 amide bonds. The fraction of sp³-hybridized carbons (Fsp3) is 0.605. The average molecular weight is 838 g/mol. The fourth-order valence-electron chi connectivity index (χ4n) is 6.95. The molecular weight excluding hydrogens is 775 g/mol. The van der Waals surface area contributed by atoms with E-state index in [9.17, 15) is 28.8 Å². The number of benzene rings is 1. The lowest BCUT2D eigenvalue weighted by Crippen LogP contribution is -2.62. The Kier molecular flexibility index (Phi) is 16.5. The monoisotopic (exact) mass is 837 g/mol. The molecule has 0 radical (unpaired) electrons. The van der Waals surface area contributed by atoms with Crippen molar-refractivity contribution in [2.75, 3.05) is 18.9 Å². The van der Waals surface area contributed by atoms with Crippen LogP contribution in [0.25, 0.3) is 0 Å². The molecule has 0 saturated carbocycles. The maximum Gasteiger partial charge on any atom is 0.246 e. The Morgan fingerprint density at radius 3 is 2.12 bits per heavy atom. The molecule has 59 heavy (non-hydrogen) atoms. The SMILES string of the molecule is C=CC(C)(C)OCC1NC(=O)C(C(C)OC(C)(C)C=C)NC(=O)C2CSC(=N2)C(Cc2ccccc2)NC(=O)C2CCCN2C(=O)C(C)NC(=O)C(C(C)CC)NC1=O. The van der Waals surface area contributed by atoms with Crippen molar-refractivity contribution >= 4 is 52.2 Å². The molecule has 0 aliphatic carbocycles. The third kappa shape index (κ3) is 12.7. The van der Waals surface area contributed by atoms with Crippen LogP contribution in [-0.4, -0.2) is 124 Å². The number of nitrogens with one attached hydrogen (secondary N) is 5. The van der Waals surface area contributed by atoms with E-state index >= 15 is 0 Å². The molecule has 0 spiro atoms. The van der Waals surface area contributed by atoms with Gasteiger partial charge in [0.1, 0.15) is 36.3 Å². The predicted octanol–water partition coefficient (Wildman–Crippen LogP) is 2.59. The van der Waals surface area contributed by atoms with Gasteiger partial charge in [0.05, 0.1) is 35.0 Å². The molecule has 324 valence electrons. The van der Waals surface area contributed by atoms with Gasteiger partial charge in [0.25, 0.3) is 0 Å². The summed E-state index contributed by atoms with van der Waals surface area (Å²) in [7, 11) is 0. The van der Waals surface area contributed by atoms with Gasteiger partial charge in [-0.1, -0.05) is 62.8 Å². The van der Waals surface area contributed by atoms with Crippen molar-refractivity contribution in [3.05, 3.63) is 61.2 Å². The van der Waals surface area contributed by atoms with E-state index < -0.39 is 95.1 Å². The normalized spacial score (nSPS) is 27.8. The number of hydrogen-bond donors (Lipinski definition) is 5. The smallest absolute Gasteiger partial charge is 0.246 e. The number of fused-ring (bicyclic) bond motifs is 2. The van der Waals surface area contributed by atoms with Crippen molar-refractivity contribution in [2.24, 2.45) is 10.9 Å². The van der Waals surface area contributed by atoms with E-state index in [0.717, 1.165) is 5.56 Å².